The van der Waals surface area contributed by atoms with E-state index in [0.717, 1.165) is 11.8 Å². The van der Waals surface area contributed by atoms with Gasteiger partial charge in [-0.1, -0.05) is 15.9 Å². The highest BCUT2D eigenvalue weighted by Gasteiger charge is 2.34. The SMILES string of the molecule is CCOC(OCC)P(=O)(CCCBr)OCC. The normalized spacial score (nSPS) is 15.3. The second-order valence-electron chi connectivity index (χ2n) is 3.13. The van der Waals surface area contributed by atoms with Gasteiger partial charge in [-0.25, -0.2) is 0 Å². The zero-order valence-corrected chi connectivity index (χ0v) is 12.8. The lowest BCUT2D eigenvalue weighted by Gasteiger charge is -2.26. The molecule has 1 atom stereocenters. The summed E-state index contributed by atoms with van der Waals surface area (Å²) in [6.45, 7) is 6.89. The van der Waals surface area contributed by atoms with Gasteiger partial charge < -0.3 is 14.0 Å². The Kier molecular flexibility index (Phi) is 9.96. The molecule has 0 spiro atoms. The summed E-state index contributed by atoms with van der Waals surface area (Å²) in [6, 6.07) is -0.721. The molecule has 0 aromatic rings. The highest BCUT2D eigenvalue weighted by Crippen LogP contribution is 2.53. The van der Waals surface area contributed by atoms with Gasteiger partial charge in [0.1, 0.15) is 0 Å². The van der Waals surface area contributed by atoms with Crippen LogP contribution < -0.4 is 0 Å². The standard InChI is InChI=1S/C10H22BrO4P/c1-4-13-10(14-5-2)16(12,15-6-3)9-7-8-11/h10H,4-9H2,1-3H3. The summed E-state index contributed by atoms with van der Waals surface area (Å²) in [4.78, 5) is 0. The van der Waals surface area contributed by atoms with E-state index >= 15 is 0 Å². The van der Waals surface area contributed by atoms with Gasteiger partial charge in [-0.05, 0) is 27.2 Å². The summed E-state index contributed by atoms with van der Waals surface area (Å²) in [5.74, 6) is 0. The molecule has 0 amide bonds. The first kappa shape index (κ1) is 16.6. The molecule has 0 bridgehead atoms. The third-order valence-corrected chi connectivity index (χ3v) is 5.03. The van der Waals surface area contributed by atoms with Crippen LogP contribution >= 0.6 is 23.3 Å². The molecule has 4 nitrogen and oxygen atoms in total. The van der Waals surface area contributed by atoms with E-state index < -0.39 is 13.4 Å². The molecule has 98 valence electrons. The van der Waals surface area contributed by atoms with Gasteiger partial charge in [0.2, 0.25) is 6.03 Å². The van der Waals surface area contributed by atoms with Crippen LogP contribution in [0.15, 0.2) is 0 Å². The second-order valence-corrected chi connectivity index (χ2v) is 6.50. The van der Waals surface area contributed by atoms with E-state index in [1.54, 1.807) is 0 Å². The maximum absolute atomic E-state index is 12.6. The van der Waals surface area contributed by atoms with Crippen LogP contribution in [0.4, 0.5) is 0 Å². The zero-order valence-electron chi connectivity index (χ0n) is 10.3. The second kappa shape index (κ2) is 9.60. The lowest BCUT2D eigenvalue weighted by molar-refractivity contribution is -0.0888. The molecular weight excluding hydrogens is 295 g/mol. The predicted molar refractivity (Wildman–Crippen MR) is 69.6 cm³/mol. The molecule has 0 aliphatic heterocycles. The van der Waals surface area contributed by atoms with Crippen LogP contribution in [0.5, 0.6) is 0 Å². The quantitative estimate of drug-likeness (QED) is 0.352. The van der Waals surface area contributed by atoms with Gasteiger partial charge in [0.15, 0.2) is 0 Å². The minimum Gasteiger partial charge on any atom is -0.345 e. The smallest absolute Gasteiger partial charge is 0.257 e. The Hall–Kier alpha value is 0.590. The number of halogens is 1. The van der Waals surface area contributed by atoms with Gasteiger partial charge in [0.05, 0.1) is 6.61 Å². The summed E-state index contributed by atoms with van der Waals surface area (Å²) < 4.78 is 28.7. The number of rotatable bonds is 10. The Morgan fingerprint density at radius 1 is 1.12 bits per heavy atom. The maximum Gasteiger partial charge on any atom is 0.257 e. The fourth-order valence-corrected chi connectivity index (χ4v) is 4.25. The summed E-state index contributed by atoms with van der Waals surface area (Å²) in [6.07, 6.45) is 1.27. The van der Waals surface area contributed by atoms with E-state index in [0.29, 0.717) is 26.0 Å². The number of hydrogen-bond donors (Lipinski definition) is 0. The lowest BCUT2D eigenvalue weighted by Crippen LogP contribution is -2.21. The van der Waals surface area contributed by atoms with Crippen LogP contribution in [0.25, 0.3) is 0 Å². The van der Waals surface area contributed by atoms with Gasteiger partial charge in [-0.15, -0.1) is 0 Å². The minimum atomic E-state index is -2.85. The van der Waals surface area contributed by atoms with Crippen LogP contribution in [-0.2, 0) is 18.6 Å². The Morgan fingerprint density at radius 2 is 1.69 bits per heavy atom. The molecule has 0 saturated carbocycles. The van der Waals surface area contributed by atoms with Gasteiger partial charge in [0.25, 0.3) is 7.37 Å². The molecule has 0 heterocycles. The monoisotopic (exact) mass is 316 g/mol. The van der Waals surface area contributed by atoms with E-state index in [4.69, 9.17) is 14.0 Å². The van der Waals surface area contributed by atoms with Gasteiger partial charge in [-0.2, -0.15) is 0 Å². The van der Waals surface area contributed by atoms with Crippen molar-refractivity contribution in [3.63, 3.8) is 0 Å². The topological polar surface area (TPSA) is 44.8 Å². The minimum absolute atomic E-state index is 0.413. The van der Waals surface area contributed by atoms with E-state index in [9.17, 15) is 4.57 Å². The van der Waals surface area contributed by atoms with Crippen molar-refractivity contribution in [3.05, 3.63) is 0 Å². The molecule has 0 N–H and O–H groups in total. The first-order chi connectivity index (χ1) is 7.64. The fraction of sp³-hybridized carbons (Fsp3) is 1.00. The summed E-state index contributed by atoms with van der Waals surface area (Å²) in [5, 5.41) is 0.801. The predicted octanol–water partition coefficient (Wildman–Crippen LogP) is 3.44. The average molecular weight is 317 g/mol. The van der Waals surface area contributed by atoms with Crippen molar-refractivity contribution in [3.8, 4) is 0 Å². The van der Waals surface area contributed by atoms with Crippen LogP contribution in [0.3, 0.4) is 0 Å². The Bertz CT molecular complexity index is 207. The van der Waals surface area contributed by atoms with Crippen molar-refractivity contribution < 1.29 is 18.6 Å². The molecule has 0 aromatic carbocycles. The molecule has 6 heteroatoms. The largest absolute Gasteiger partial charge is 0.345 e. The van der Waals surface area contributed by atoms with E-state index in [1.807, 2.05) is 20.8 Å². The molecule has 0 aliphatic carbocycles. The van der Waals surface area contributed by atoms with Gasteiger partial charge in [0, 0.05) is 24.7 Å². The van der Waals surface area contributed by atoms with Crippen molar-refractivity contribution in [2.24, 2.45) is 0 Å². The molecule has 0 aromatic heterocycles. The highest BCUT2D eigenvalue weighted by atomic mass is 79.9. The van der Waals surface area contributed by atoms with Gasteiger partial charge in [-0.3, -0.25) is 4.57 Å². The molecular formula is C10H22BrO4P. The molecule has 1 unspecified atom stereocenters. The third kappa shape index (κ3) is 5.78. The van der Waals surface area contributed by atoms with Crippen molar-refractivity contribution in [1.29, 1.82) is 0 Å². The maximum atomic E-state index is 12.6. The Labute approximate surface area is 107 Å². The van der Waals surface area contributed by atoms with Crippen molar-refractivity contribution in [2.75, 3.05) is 31.3 Å². The van der Waals surface area contributed by atoms with Crippen LogP contribution in [-0.4, -0.2) is 37.3 Å². The average Bonchev–Trinajstić information content (AvgIpc) is 2.26. The fourth-order valence-electron chi connectivity index (χ4n) is 1.29. The van der Waals surface area contributed by atoms with Crippen LogP contribution in [0, 0.1) is 0 Å². The van der Waals surface area contributed by atoms with Crippen molar-refractivity contribution in [1.82, 2.24) is 0 Å². The molecule has 0 aliphatic rings. The zero-order chi connectivity index (χ0) is 12.4. The molecule has 0 fully saturated rings. The summed E-state index contributed by atoms with van der Waals surface area (Å²) in [7, 11) is -2.85. The molecule has 16 heavy (non-hydrogen) atoms. The van der Waals surface area contributed by atoms with Crippen LogP contribution in [0.1, 0.15) is 27.2 Å². The Balaban J connectivity index is 4.58. The molecule has 0 radical (unpaired) electrons. The van der Waals surface area contributed by atoms with E-state index in [-0.39, 0.29) is 0 Å². The lowest BCUT2D eigenvalue weighted by atomic mass is 10.6. The number of ether oxygens (including phenoxy) is 2. The highest BCUT2D eigenvalue weighted by molar-refractivity contribution is 9.09. The van der Waals surface area contributed by atoms with E-state index in [1.165, 1.54) is 0 Å². The Morgan fingerprint density at radius 3 is 2.06 bits per heavy atom. The first-order valence-corrected chi connectivity index (χ1v) is 8.67. The van der Waals surface area contributed by atoms with Crippen LogP contribution in [0.2, 0.25) is 0 Å². The number of alkyl halides is 1. The third-order valence-electron chi connectivity index (χ3n) is 1.89. The van der Waals surface area contributed by atoms with Gasteiger partial charge >= 0.3 is 0 Å². The number of hydrogen-bond acceptors (Lipinski definition) is 4. The molecule has 0 saturated heterocycles. The van der Waals surface area contributed by atoms with Crippen molar-refractivity contribution in [2.45, 2.75) is 33.2 Å². The molecule has 0 rings (SSSR count). The summed E-state index contributed by atoms with van der Waals surface area (Å²) >= 11 is 3.32. The van der Waals surface area contributed by atoms with Crippen molar-refractivity contribution >= 4 is 23.3 Å². The first-order valence-electron chi connectivity index (χ1n) is 5.67. The van der Waals surface area contributed by atoms with E-state index in [2.05, 4.69) is 15.9 Å². The summed E-state index contributed by atoms with van der Waals surface area (Å²) in [5.41, 5.74) is 0.